The molecule has 200 valence electrons. The van der Waals surface area contributed by atoms with Gasteiger partial charge in [-0.05, 0) is 79.0 Å². The molecule has 1 aliphatic rings. The predicted octanol–water partition coefficient (Wildman–Crippen LogP) is 5.61. The molecule has 0 spiro atoms. The normalized spacial score (nSPS) is 13.7. The first-order valence-corrected chi connectivity index (χ1v) is 14.7. The minimum atomic E-state index is -3.78. The second-order valence-electron chi connectivity index (χ2n) is 9.84. The summed E-state index contributed by atoms with van der Waals surface area (Å²) in [6.07, 6.45) is 2.53. The summed E-state index contributed by atoms with van der Waals surface area (Å²) in [4.78, 5) is 15.5. The highest BCUT2D eigenvalue weighted by Gasteiger charge is 2.25. The van der Waals surface area contributed by atoms with E-state index in [1.165, 1.54) is 22.7 Å². The topological polar surface area (TPSA) is 69.7 Å². The Morgan fingerprint density at radius 2 is 1.38 bits per heavy atom. The molecule has 0 atom stereocenters. The number of para-hydroxylation sites is 1. The van der Waals surface area contributed by atoms with Crippen LogP contribution in [-0.4, -0.2) is 32.3 Å². The van der Waals surface area contributed by atoms with Crippen molar-refractivity contribution in [2.24, 2.45) is 0 Å². The Morgan fingerprint density at radius 3 is 2.08 bits per heavy atom. The molecule has 0 saturated carbocycles. The Bertz CT molecular complexity index is 1480. The average molecular weight is 540 g/mol. The van der Waals surface area contributed by atoms with Gasteiger partial charge >= 0.3 is 0 Å². The Labute approximate surface area is 231 Å². The van der Waals surface area contributed by atoms with Crippen LogP contribution in [0, 0.1) is 0 Å². The third-order valence-corrected chi connectivity index (χ3v) is 8.76. The van der Waals surface area contributed by atoms with Gasteiger partial charge in [0.1, 0.15) is 0 Å². The highest BCUT2D eigenvalue weighted by atomic mass is 32.2. The van der Waals surface area contributed by atoms with E-state index in [4.69, 9.17) is 0 Å². The van der Waals surface area contributed by atoms with Crippen molar-refractivity contribution < 1.29 is 13.2 Å². The van der Waals surface area contributed by atoms with E-state index < -0.39 is 10.0 Å². The molecule has 1 heterocycles. The molecular weight excluding hydrogens is 506 g/mol. The van der Waals surface area contributed by atoms with E-state index in [0.29, 0.717) is 17.8 Å². The van der Waals surface area contributed by atoms with Crippen LogP contribution >= 0.6 is 0 Å². The van der Waals surface area contributed by atoms with Crippen LogP contribution in [0.5, 0.6) is 0 Å². The zero-order valence-corrected chi connectivity index (χ0v) is 22.7. The number of benzene rings is 4. The lowest BCUT2D eigenvalue weighted by atomic mass is 10.1. The van der Waals surface area contributed by atoms with Gasteiger partial charge in [0.05, 0.1) is 17.1 Å². The smallest absolute Gasteiger partial charge is 0.264 e. The fraction of sp³-hybridized carbons (Fsp3) is 0.219. The van der Waals surface area contributed by atoms with Crippen LogP contribution in [0.15, 0.2) is 114 Å². The van der Waals surface area contributed by atoms with Crippen molar-refractivity contribution in [1.82, 2.24) is 10.2 Å². The number of hydrogen-bond acceptors (Lipinski definition) is 4. The Balaban J connectivity index is 1.25. The van der Waals surface area contributed by atoms with Crippen LogP contribution in [0.4, 0.5) is 5.69 Å². The number of nitrogens with zero attached hydrogens (tertiary/aromatic N) is 2. The number of carbonyl (C=O) groups excluding carboxylic acids is 1. The molecular formula is C32H33N3O3S. The molecule has 1 saturated heterocycles. The third kappa shape index (κ3) is 6.74. The van der Waals surface area contributed by atoms with Gasteiger partial charge < -0.3 is 5.32 Å². The second kappa shape index (κ2) is 12.3. The van der Waals surface area contributed by atoms with Crippen molar-refractivity contribution in [1.29, 1.82) is 0 Å². The van der Waals surface area contributed by atoms with Crippen LogP contribution in [-0.2, 0) is 29.7 Å². The van der Waals surface area contributed by atoms with Gasteiger partial charge in [-0.15, -0.1) is 0 Å². The predicted molar refractivity (Wildman–Crippen MR) is 155 cm³/mol. The highest BCUT2D eigenvalue weighted by Crippen LogP contribution is 2.26. The van der Waals surface area contributed by atoms with Crippen molar-refractivity contribution in [2.45, 2.75) is 37.4 Å². The van der Waals surface area contributed by atoms with Crippen molar-refractivity contribution in [3.8, 4) is 0 Å². The summed E-state index contributed by atoms with van der Waals surface area (Å²) in [6, 6.07) is 32.9. The maximum absolute atomic E-state index is 13.5. The first kappa shape index (κ1) is 26.7. The molecule has 0 bridgehead atoms. The number of carbonyl (C=O) groups is 1. The van der Waals surface area contributed by atoms with Crippen molar-refractivity contribution in [3.05, 3.63) is 131 Å². The molecule has 1 aliphatic heterocycles. The molecule has 7 heteroatoms. The lowest BCUT2D eigenvalue weighted by Gasteiger charge is -2.25. The lowest BCUT2D eigenvalue weighted by molar-refractivity contribution is 0.0951. The summed E-state index contributed by atoms with van der Waals surface area (Å²) in [5.41, 5.74) is 4.23. The molecule has 1 amide bonds. The molecule has 39 heavy (non-hydrogen) atoms. The quantitative estimate of drug-likeness (QED) is 0.285. The van der Waals surface area contributed by atoms with Crippen LogP contribution in [0.3, 0.4) is 0 Å². The van der Waals surface area contributed by atoms with E-state index in [1.54, 1.807) is 54.6 Å². The highest BCUT2D eigenvalue weighted by molar-refractivity contribution is 7.92. The number of hydrogen-bond donors (Lipinski definition) is 1. The van der Waals surface area contributed by atoms with E-state index in [1.807, 2.05) is 42.5 Å². The zero-order valence-electron chi connectivity index (χ0n) is 21.9. The van der Waals surface area contributed by atoms with E-state index in [0.717, 1.165) is 30.8 Å². The molecule has 0 aromatic heterocycles. The van der Waals surface area contributed by atoms with E-state index in [9.17, 15) is 13.2 Å². The Hall–Kier alpha value is -3.94. The Kier molecular flexibility index (Phi) is 8.39. The number of anilines is 1. The summed E-state index contributed by atoms with van der Waals surface area (Å²) >= 11 is 0. The summed E-state index contributed by atoms with van der Waals surface area (Å²) < 4.78 is 28.4. The first-order chi connectivity index (χ1) is 19.0. The number of nitrogens with one attached hydrogen (secondary N) is 1. The van der Waals surface area contributed by atoms with Crippen LogP contribution in [0.25, 0.3) is 0 Å². The van der Waals surface area contributed by atoms with Gasteiger partial charge in [0.25, 0.3) is 15.9 Å². The first-order valence-electron chi connectivity index (χ1n) is 13.3. The van der Waals surface area contributed by atoms with Crippen molar-refractivity contribution in [2.75, 3.05) is 17.4 Å². The largest absolute Gasteiger partial charge is 0.348 e. The maximum atomic E-state index is 13.5. The molecule has 0 unspecified atom stereocenters. The Morgan fingerprint density at radius 1 is 0.744 bits per heavy atom. The molecule has 4 aromatic carbocycles. The van der Waals surface area contributed by atoms with Crippen LogP contribution in [0.1, 0.15) is 39.9 Å². The van der Waals surface area contributed by atoms with Crippen molar-refractivity contribution >= 4 is 21.6 Å². The monoisotopic (exact) mass is 539 g/mol. The molecule has 1 fully saturated rings. The van der Waals surface area contributed by atoms with Gasteiger partial charge in [-0.2, -0.15) is 0 Å². The van der Waals surface area contributed by atoms with Gasteiger partial charge in [-0.3, -0.25) is 14.0 Å². The fourth-order valence-electron chi connectivity index (χ4n) is 4.88. The summed E-state index contributed by atoms with van der Waals surface area (Å²) in [6.45, 7) is 3.85. The van der Waals surface area contributed by atoms with Crippen LogP contribution in [0.2, 0.25) is 0 Å². The van der Waals surface area contributed by atoms with Gasteiger partial charge in [0.15, 0.2) is 0 Å². The standard InChI is InChI=1S/C32H33N3O3S/c36-32(33-23-27-10-9-11-28(22-27)24-34-20-7-8-21-34)29-18-16-26(17-19-29)25-35(30-12-3-1-4-13-30)39(37,38)31-14-5-2-6-15-31/h1-6,9-19,22H,7-8,20-21,23-25H2,(H,33,36). The number of likely N-dealkylation sites (tertiary alicyclic amines) is 1. The molecule has 5 rings (SSSR count). The SMILES string of the molecule is O=C(NCc1cccc(CN2CCCC2)c1)c1ccc(CN(c2ccccc2)S(=O)(=O)c2ccccc2)cc1. The zero-order chi connectivity index (χ0) is 27.1. The molecule has 4 aromatic rings. The third-order valence-electron chi connectivity index (χ3n) is 6.97. The average Bonchev–Trinajstić information content (AvgIpc) is 3.49. The van der Waals surface area contributed by atoms with E-state index >= 15 is 0 Å². The fourth-order valence-corrected chi connectivity index (χ4v) is 6.35. The lowest BCUT2D eigenvalue weighted by Crippen LogP contribution is -2.30. The van der Waals surface area contributed by atoms with E-state index in [-0.39, 0.29) is 17.3 Å². The summed E-state index contributed by atoms with van der Waals surface area (Å²) in [5, 5.41) is 3.01. The number of sulfonamides is 1. The minimum absolute atomic E-state index is 0.146. The summed E-state index contributed by atoms with van der Waals surface area (Å²) in [5.74, 6) is -0.164. The molecule has 6 nitrogen and oxygen atoms in total. The van der Waals surface area contributed by atoms with Gasteiger partial charge in [-0.1, -0.05) is 72.8 Å². The van der Waals surface area contributed by atoms with E-state index in [2.05, 4.69) is 22.3 Å². The summed E-state index contributed by atoms with van der Waals surface area (Å²) in [7, 11) is -3.78. The molecule has 0 radical (unpaired) electrons. The van der Waals surface area contributed by atoms with Gasteiger partial charge in [-0.25, -0.2) is 8.42 Å². The maximum Gasteiger partial charge on any atom is 0.264 e. The van der Waals surface area contributed by atoms with Crippen LogP contribution < -0.4 is 9.62 Å². The number of amides is 1. The molecule has 0 aliphatic carbocycles. The minimum Gasteiger partial charge on any atom is -0.348 e. The second-order valence-corrected chi connectivity index (χ2v) is 11.7. The molecule has 1 N–H and O–H groups in total. The number of rotatable bonds is 10. The van der Waals surface area contributed by atoms with Crippen molar-refractivity contribution in [3.63, 3.8) is 0 Å². The van der Waals surface area contributed by atoms with Gasteiger partial charge in [0.2, 0.25) is 0 Å². The van der Waals surface area contributed by atoms with Gasteiger partial charge in [0, 0.05) is 18.7 Å².